The Morgan fingerprint density at radius 1 is 1.03 bits per heavy atom. The molecule has 2 heterocycles. The van der Waals surface area contributed by atoms with E-state index in [4.69, 9.17) is 33.5 Å². The number of hydrogen-bond acceptors (Lipinski definition) is 6. The molecule has 9 heteroatoms. The molecule has 0 bridgehead atoms. The number of hydrogen-bond donors (Lipinski definition) is 1. The van der Waals surface area contributed by atoms with Crippen molar-refractivity contribution in [1.82, 2.24) is 14.9 Å². The molecule has 0 aliphatic carbocycles. The fourth-order valence-corrected chi connectivity index (χ4v) is 4.84. The van der Waals surface area contributed by atoms with Crippen molar-refractivity contribution in [2.45, 2.75) is 10.9 Å². The summed E-state index contributed by atoms with van der Waals surface area (Å²) in [7, 11) is 0. The molecule has 0 saturated heterocycles. The van der Waals surface area contributed by atoms with Gasteiger partial charge in [0, 0.05) is 27.8 Å². The number of fused-ring (bicyclic) bond motifs is 3. The Morgan fingerprint density at radius 2 is 1.87 bits per heavy atom. The summed E-state index contributed by atoms with van der Waals surface area (Å²) < 4.78 is 6.80. The van der Waals surface area contributed by atoms with Crippen molar-refractivity contribution >= 4 is 56.7 Å². The zero-order valence-electron chi connectivity index (χ0n) is 15.9. The second-order valence-electron chi connectivity index (χ2n) is 6.84. The van der Waals surface area contributed by atoms with E-state index in [1.165, 1.54) is 22.5 Å². The normalized spacial score (nSPS) is 11.4. The molecule has 0 fully saturated rings. The van der Waals surface area contributed by atoms with Gasteiger partial charge in [-0.3, -0.25) is 0 Å². The molecule has 0 unspecified atom stereocenters. The molecule has 154 valence electrons. The largest absolute Gasteiger partial charge is 0.423 e. The highest BCUT2D eigenvalue weighted by atomic mass is 35.5. The molecule has 0 amide bonds. The van der Waals surface area contributed by atoms with E-state index in [9.17, 15) is 4.79 Å². The molecule has 2 N–H and O–H groups in total. The molecule has 0 aliphatic rings. The van der Waals surface area contributed by atoms with Gasteiger partial charge in [-0.15, -0.1) is 10.2 Å². The predicted octanol–water partition coefficient (Wildman–Crippen LogP) is 5.52. The highest BCUT2D eigenvalue weighted by Gasteiger charge is 2.17. The topological polar surface area (TPSA) is 86.9 Å². The van der Waals surface area contributed by atoms with Gasteiger partial charge in [0.25, 0.3) is 0 Å². The van der Waals surface area contributed by atoms with Gasteiger partial charge in [0.2, 0.25) is 5.16 Å². The summed E-state index contributed by atoms with van der Waals surface area (Å²) in [6.07, 6.45) is 0. The van der Waals surface area contributed by atoms with Crippen LogP contribution in [0.25, 0.3) is 33.1 Å². The van der Waals surface area contributed by atoms with Crippen molar-refractivity contribution in [3.05, 3.63) is 86.7 Å². The van der Waals surface area contributed by atoms with Gasteiger partial charge in [-0.05, 0) is 40.6 Å². The van der Waals surface area contributed by atoms with Gasteiger partial charge < -0.3 is 10.3 Å². The Balaban J connectivity index is 1.53. The quantitative estimate of drug-likeness (QED) is 0.162. The first kappa shape index (κ1) is 19.9. The molecular formula is C22H14Cl2N4O2S. The van der Waals surface area contributed by atoms with Crippen LogP contribution in [0.2, 0.25) is 10.0 Å². The summed E-state index contributed by atoms with van der Waals surface area (Å²) in [5.41, 5.74) is 1.61. The maximum Gasteiger partial charge on any atom is 0.336 e. The summed E-state index contributed by atoms with van der Waals surface area (Å²) in [5, 5.41) is 12.8. The van der Waals surface area contributed by atoms with Crippen molar-refractivity contribution in [1.29, 1.82) is 0 Å². The van der Waals surface area contributed by atoms with Crippen molar-refractivity contribution < 1.29 is 4.42 Å². The lowest BCUT2D eigenvalue weighted by atomic mass is 10.0. The van der Waals surface area contributed by atoms with Crippen molar-refractivity contribution in [3.63, 3.8) is 0 Å². The highest BCUT2D eigenvalue weighted by Crippen LogP contribution is 2.33. The smallest absolute Gasteiger partial charge is 0.336 e. The summed E-state index contributed by atoms with van der Waals surface area (Å²) in [4.78, 5) is 12.1. The average Bonchev–Trinajstić information content (AvgIpc) is 3.11. The molecule has 5 rings (SSSR count). The van der Waals surface area contributed by atoms with Crippen LogP contribution < -0.4 is 11.5 Å². The monoisotopic (exact) mass is 468 g/mol. The van der Waals surface area contributed by atoms with E-state index in [-0.39, 0.29) is 0 Å². The van der Waals surface area contributed by atoms with Crippen LogP contribution in [0.15, 0.2) is 75.0 Å². The van der Waals surface area contributed by atoms with E-state index >= 15 is 0 Å². The van der Waals surface area contributed by atoms with Crippen LogP contribution in [0.3, 0.4) is 0 Å². The number of benzene rings is 3. The molecule has 0 saturated carbocycles. The summed E-state index contributed by atoms with van der Waals surface area (Å²) >= 11 is 13.6. The second kappa shape index (κ2) is 7.92. The van der Waals surface area contributed by atoms with E-state index in [0.29, 0.717) is 37.9 Å². The number of nitrogens with two attached hydrogens (primary N) is 1. The first-order valence-electron chi connectivity index (χ1n) is 9.24. The second-order valence-corrected chi connectivity index (χ2v) is 8.63. The Hall–Kier alpha value is -3.00. The fraction of sp³-hybridized carbons (Fsp3) is 0.0455. The number of nitrogen functional groups attached to an aromatic ring is 1. The van der Waals surface area contributed by atoms with Gasteiger partial charge in [-0.25, -0.2) is 9.47 Å². The van der Waals surface area contributed by atoms with Crippen LogP contribution in [0.5, 0.6) is 0 Å². The number of thioether (sulfide) groups is 1. The van der Waals surface area contributed by atoms with E-state index in [1.54, 1.807) is 18.2 Å². The Morgan fingerprint density at radius 3 is 2.71 bits per heavy atom. The van der Waals surface area contributed by atoms with Crippen molar-refractivity contribution in [2.24, 2.45) is 0 Å². The summed E-state index contributed by atoms with van der Waals surface area (Å²) in [5.74, 6) is 7.12. The first-order valence-corrected chi connectivity index (χ1v) is 11.0. The van der Waals surface area contributed by atoms with Gasteiger partial charge in [0.1, 0.15) is 5.58 Å². The molecule has 5 aromatic rings. The minimum atomic E-state index is -0.402. The van der Waals surface area contributed by atoms with Gasteiger partial charge in [-0.1, -0.05) is 65.3 Å². The lowest BCUT2D eigenvalue weighted by Gasteiger charge is -2.09. The molecular weight excluding hydrogens is 455 g/mol. The minimum Gasteiger partial charge on any atom is -0.423 e. The van der Waals surface area contributed by atoms with Crippen molar-refractivity contribution in [3.8, 4) is 11.4 Å². The van der Waals surface area contributed by atoms with Gasteiger partial charge >= 0.3 is 5.63 Å². The summed E-state index contributed by atoms with van der Waals surface area (Å²) in [6, 6.07) is 18.3. The number of aromatic nitrogens is 3. The van der Waals surface area contributed by atoms with Gasteiger partial charge in [-0.2, -0.15) is 0 Å². The lowest BCUT2D eigenvalue weighted by Crippen LogP contribution is -2.12. The lowest BCUT2D eigenvalue weighted by molar-refractivity contribution is 0.560. The minimum absolute atomic E-state index is 0.402. The summed E-state index contributed by atoms with van der Waals surface area (Å²) in [6.45, 7) is 0. The molecule has 0 radical (unpaired) electrons. The molecule has 0 spiro atoms. The van der Waals surface area contributed by atoms with Crippen molar-refractivity contribution in [2.75, 3.05) is 5.84 Å². The van der Waals surface area contributed by atoms with Crippen LogP contribution in [-0.2, 0) is 5.75 Å². The average molecular weight is 469 g/mol. The Labute approximate surface area is 190 Å². The first-order chi connectivity index (χ1) is 15.0. The molecule has 6 nitrogen and oxygen atoms in total. The van der Waals surface area contributed by atoms with Crippen LogP contribution in [0.4, 0.5) is 0 Å². The molecule has 0 atom stereocenters. The maximum absolute atomic E-state index is 12.1. The predicted molar refractivity (Wildman–Crippen MR) is 125 cm³/mol. The number of nitrogens with zero attached hydrogens (tertiary/aromatic N) is 3. The zero-order chi connectivity index (χ0) is 21.5. The van der Waals surface area contributed by atoms with Gasteiger partial charge in [0.05, 0.1) is 5.02 Å². The Bertz CT molecular complexity index is 1510. The SMILES string of the molecule is Nn1c(SCc2cc(=O)oc3ccc4ccccc4c23)nnc1-c1ccc(Cl)cc1Cl. The molecule has 0 aliphatic heterocycles. The van der Waals surface area contributed by atoms with E-state index in [1.807, 2.05) is 36.4 Å². The number of rotatable bonds is 4. The van der Waals surface area contributed by atoms with E-state index < -0.39 is 5.63 Å². The maximum atomic E-state index is 12.1. The van der Waals surface area contributed by atoms with Crippen LogP contribution in [0.1, 0.15) is 5.56 Å². The fourth-order valence-electron chi connectivity index (χ4n) is 3.51. The molecule has 3 aromatic carbocycles. The van der Waals surface area contributed by atoms with Gasteiger partial charge in [0.15, 0.2) is 5.82 Å². The van der Waals surface area contributed by atoms with Crippen LogP contribution >= 0.6 is 35.0 Å². The zero-order valence-corrected chi connectivity index (χ0v) is 18.2. The third-order valence-corrected chi connectivity index (χ3v) is 6.45. The standard InChI is InChI=1S/C22H14Cl2N4O2S/c23-14-6-7-16(17(24)10-14)21-26-27-22(28(21)25)31-11-13-9-19(29)30-18-8-5-12-3-1-2-4-15(12)20(13)18/h1-10H,11,25H2. The Kier molecular flexibility index (Phi) is 5.09. The van der Waals surface area contributed by atoms with Crippen LogP contribution in [0, 0.1) is 0 Å². The highest BCUT2D eigenvalue weighted by molar-refractivity contribution is 7.98. The van der Waals surface area contributed by atoms with E-state index in [0.717, 1.165) is 21.7 Å². The third kappa shape index (κ3) is 3.65. The number of halogens is 2. The van der Waals surface area contributed by atoms with E-state index in [2.05, 4.69) is 10.2 Å². The molecule has 31 heavy (non-hydrogen) atoms. The molecule has 2 aromatic heterocycles. The third-order valence-electron chi connectivity index (χ3n) is 4.91. The van der Waals surface area contributed by atoms with Crippen LogP contribution in [-0.4, -0.2) is 14.9 Å².